The number of nitrogens with one attached hydrogen (secondary N) is 3. The summed E-state index contributed by atoms with van der Waals surface area (Å²) >= 11 is 0. The van der Waals surface area contributed by atoms with Crippen LogP contribution < -0.4 is 16.0 Å². The van der Waals surface area contributed by atoms with Crippen molar-refractivity contribution in [3.63, 3.8) is 0 Å². The van der Waals surface area contributed by atoms with Crippen LogP contribution in [0.4, 0.5) is 4.79 Å². The number of carbonyl (C=O) groups excluding carboxylic acids is 4. The van der Waals surface area contributed by atoms with E-state index in [-0.39, 0.29) is 31.6 Å². The molecule has 0 aliphatic heterocycles. The molecular weight excluding hydrogens is 574 g/mol. The number of alkyl carbamates (subject to hydrolysis) is 1. The van der Waals surface area contributed by atoms with E-state index in [0.29, 0.717) is 59.3 Å². The number of benzene rings is 1. The molecule has 248 valence electrons. The predicted octanol–water partition coefficient (Wildman–Crippen LogP) is 1.42. The Morgan fingerprint density at radius 2 is 1.30 bits per heavy atom. The Bertz CT molecular complexity index is 975. The third kappa shape index (κ3) is 17.3. The summed E-state index contributed by atoms with van der Waals surface area (Å²) in [5.41, 5.74) is 0.788. The van der Waals surface area contributed by atoms with Gasteiger partial charge in [0.1, 0.15) is 18.7 Å². The number of methoxy groups -OCH3 is 1. The fourth-order valence-corrected chi connectivity index (χ4v) is 3.96. The lowest BCUT2D eigenvalue weighted by Gasteiger charge is -2.23. The van der Waals surface area contributed by atoms with Crippen molar-refractivity contribution in [3.05, 3.63) is 35.9 Å². The predicted molar refractivity (Wildman–Crippen MR) is 161 cm³/mol. The molecular formula is C31H49N3O10. The van der Waals surface area contributed by atoms with Crippen molar-refractivity contribution < 1.29 is 47.6 Å². The number of ether oxygens (including phenoxy) is 6. The van der Waals surface area contributed by atoms with Gasteiger partial charge < -0.3 is 44.4 Å². The molecule has 3 N–H and O–H groups in total. The number of ketones is 1. The van der Waals surface area contributed by atoms with Gasteiger partial charge in [0.05, 0.1) is 59.5 Å². The molecule has 2 atom stereocenters. The van der Waals surface area contributed by atoms with Crippen LogP contribution in [0, 0.1) is 5.92 Å². The van der Waals surface area contributed by atoms with Crippen LogP contribution >= 0.6 is 0 Å². The second-order valence-electron chi connectivity index (χ2n) is 10.8. The van der Waals surface area contributed by atoms with Crippen LogP contribution in [0.15, 0.2) is 30.3 Å². The van der Waals surface area contributed by atoms with E-state index in [1.807, 2.05) is 44.2 Å². The van der Waals surface area contributed by atoms with Crippen molar-refractivity contribution in [2.45, 2.75) is 57.7 Å². The number of hydrogen-bond acceptors (Lipinski definition) is 10. The number of Topliss-reactive ketones (excluding diaryl/α,β-unsaturated/α-hetero) is 1. The highest BCUT2D eigenvalue weighted by molar-refractivity contribution is 6.38. The van der Waals surface area contributed by atoms with Gasteiger partial charge in [0.15, 0.2) is 0 Å². The fraction of sp³-hybridized carbons (Fsp3) is 0.677. The molecule has 1 aromatic rings. The SMILES string of the molecule is COCCOCCOCCOCCOCCOC(=O)NC(CC(C)C)C(=O)NC(Cc1ccccc1)C(=O)C(=O)NC1CC1. The Labute approximate surface area is 260 Å². The molecule has 0 radical (unpaired) electrons. The Morgan fingerprint density at radius 1 is 0.750 bits per heavy atom. The molecule has 3 amide bonds. The van der Waals surface area contributed by atoms with Crippen molar-refractivity contribution in [2.24, 2.45) is 5.92 Å². The monoisotopic (exact) mass is 623 g/mol. The first-order valence-electron chi connectivity index (χ1n) is 15.2. The van der Waals surface area contributed by atoms with E-state index in [2.05, 4.69) is 16.0 Å². The van der Waals surface area contributed by atoms with Gasteiger partial charge in [0.2, 0.25) is 11.7 Å². The third-order valence-electron chi connectivity index (χ3n) is 6.38. The Hall–Kier alpha value is -3.10. The van der Waals surface area contributed by atoms with Gasteiger partial charge in [-0.25, -0.2) is 4.79 Å². The molecule has 2 unspecified atom stereocenters. The molecule has 0 heterocycles. The first-order valence-corrected chi connectivity index (χ1v) is 15.2. The smallest absolute Gasteiger partial charge is 0.407 e. The average molecular weight is 624 g/mol. The van der Waals surface area contributed by atoms with Crippen LogP contribution in [-0.4, -0.2) is 115 Å². The molecule has 1 aromatic carbocycles. The van der Waals surface area contributed by atoms with E-state index in [1.54, 1.807) is 7.11 Å². The standard InChI is InChI=1S/C31H49N3O10/c1-23(2)21-27(34-31(38)44-20-19-43-18-17-42-16-15-41-14-13-40-12-11-39-3)29(36)33-26(22-24-7-5-4-6-8-24)28(35)30(37)32-25-9-10-25/h4-8,23,25-27H,9-22H2,1-3H3,(H,32,37)(H,33,36)(H,34,38). The number of amides is 3. The second kappa shape index (κ2) is 22.4. The van der Waals surface area contributed by atoms with Gasteiger partial charge in [0.25, 0.3) is 5.91 Å². The summed E-state index contributed by atoms with van der Waals surface area (Å²) in [6, 6.07) is 7.07. The van der Waals surface area contributed by atoms with Gasteiger partial charge >= 0.3 is 6.09 Å². The van der Waals surface area contributed by atoms with Crippen molar-refractivity contribution in [1.29, 1.82) is 0 Å². The van der Waals surface area contributed by atoms with Crippen LogP contribution in [-0.2, 0) is 49.2 Å². The third-order valence-corrected chi connectivity index (χ3v) is 6.38. The minimum Gasteiger partial charge on any atom is -0.447 e. The maximum atomic E-state index is 13.3. The lowest BCUT2D eigenvalue weighted by molar-refractivity contribution is -0.140. The number of rotatable bonds is 25. The van der Waals surface area contributed by atoms with Crippen LogP contribution in [0.1, 0.15) is 38.7 Å². The minimum absolute atomic E-state index is 0.00296. The van der Waals surface area contributed by atoms with Crippen LogP contribution in [0.3, 0.4) is 0 Å². The summed E-state index contributed by atoms with van der Waals surface area (Å²) in [6.45, 7) is 7.53. The number of carbonyl (C=O) groups is 4. The lowest BCUT2D eigenvalue weighted by atomic mass is 9.99. The topological polar surface area (TPSA) is 160 Å². The summed E-state index contributed by atoms with van der Waals surface area (Å²) in [7, 11) is 1.62. The van der Waals surface area contributed by atoms with E-state index < -0.39 is 35.8 Å². The van der Waals surface area contributed by atoms with Crippen molar-refractivity contribution >= 4 is 23.7 Å². The van der Waals surface area contributed by atoms with Crippen molar-refractivity contribution in [2.75, 3.05) is 73.2 Å². The molecule has 0 saturated heterocycles. The zero-order valence-corrected chi connectivity index (χ0v) is 26.2. The molecule has 1 fully saturated rings. The maximum absolute atomic E-state index is 13.3. The summed E-state index contributed by atoms with van der Waals surface area (Å²) in [4.78, 5) is 51.3. The van der Waals surface area contributed by atoms with Crippen LogP contribution in [0.5, 0.6) is 0 Å². The lowest BCUT2D eigenvalue weighted by Crippen LogP contribution is -2.55. The van der Waals surface area contributed by atoms with E-state index in [9.17, 15) is 19.2 Å². The molecule has 0 spiro atoms. The van der Waals surface area contributed by atoms with Crippen molar-refractivity contribution in [1.82, 2.24) is 16.0 Å². The van der Waals surface area contributed by atoms with E-state index in [0.717, 1.165) is 18.4 Å². The zero-order chi connectivity index (χ0) is 32.0. The van der Waals surface area contributed by atoms with E-state index in [1.165, 1.54) is 0 Å². The van der Waals surface area contributed by atoms with E-state index in [4.69, 9.17) is 28.4 Å². The first-order chi connectivity index (χ1) is 21.3. The van der Waals surface area contributed by atoms with Gasteiger partial charge in [-0.3, -0.25) is 14.4 Å². The minimum atomic E-state index is -1.08. The summed E-state index contributed by atoms with van der Waals surface area (Å²) in [5, 5.41) is 7.96. The molecule has 13 heteroatoms. The highest BCUT2D eigenvalue weighted by atomic mass is 16.6. The quantitative estimate of drug-likeness (QED) is 0.107. The molecule has 44 heavy (non-hydrogen) atoms. The number of hydrogen-bond donors (Lipinski definition) is 3. The van der Waals surface area contributed by atoms with Gasteiger partial charge in [-0.2, -0.15) is 0 Å². The van der Waals surface area contributed by atoms with Gasteiger partial charge in [0, 0.05) is 19.6 Å². The summed E-state index contributed by atoms with van der Waals surface area (Å²) in [5.74, 6) is -1.97. The highest BCUT2D eigenvalue weighted by Gasteiger charge is 2.33. The first kappa shape index (κ1) is 37.1. The van der Waals surface area contributed by atoms with E-state index >= 15 is 0 Å². The van der Waals surface area contributed by atoms with Gasteiger partial charge in [-0.15, -0.1) is 0 Å². The molecule has 1 aliphatic rings. The van der Waals surface area contributed by atoms with Gasteiger partial charge in [-0.05, 0) is 30.7 Å². The Balaban J connectivity index is 1.70. The molecule has 2 rings (SSSR count). The largest absolute Gasteiger partial charge is 0.447 e. The Kier molecular flexibility index (Phi) is 18.9. The summed E-state index contributed by atoms with van der Waals surface area (Å²) < 4.78 is 31.6. The van der Waals surface area contributed by atoms with Crippen LogP contribution in [0.2, 0.25) is 0 Å². The molecule has 13 nitrogen and oxygen atoms in total. The molecule has 1 saturated carbocycles. The van der Waals surface area contributed by atoms with Gasteiger partial charge in [-0.1, -0.05) is 44.2 Å². The fourth-order valence-electron chi connectivity index (χ4n) is 3.96. The summed E-state index contributed by atoms with van der Waals surface area (Å²) in [6.07, 6.45) is 1.32. The molecule has 0 aromatic heterocycles. The molecule has 1 aliphatic carbocycles. The molecule has 0 bridgehead atoms. The second-order valence-corrected chi connectivity index (χ2v) is 10.8. The zero-order valence-electron chi connectivity index (χ0n) is 26.2. The maximum Gasteiger partial charge on any atom is 0.407 e. The normalized spacial score (nSPS) is 14.1. The van der Waals surface area contributed by atoms with Crippen LogP contribution in [0.25, 0.3) is 0 Å². The average Bonchev–Trinajstić information content (AvgIpc) is 3.82. The van der Waals surface area contributed by atoms with Crippen molar-refractivity contribution in [3.8, 4) is 0 Å². The Morgan fingerprint density at radius 3 is 1.82 bits per heavy atom. The highest BCUT2D eigenvalue weighted by Crippen LogP contribution is 2.18.